The van der Waals surface area contributed by atoms with Crippen LogP contribution in [0.2, 0.25) is 0 Å². The molecule has 0 aliphatic carbocycles. The summed E-state index contributed by atoms with van der Waals surface area (Å²) in [6.45, 7) is 1.12. The van der Waals surface area contributed by atoms with Crippen LogP contribution in [0.5, 0.6) is 0 Å². The van der Waals surface area contributed by atoms with Gasteiger partial charge in [-0.3, -0.25) is 0 Å². The molecule has 0 aromatic heterocycles. The Kier molecular flexibility index (Phi) is 1.27. The molecular formula is C7H9NS. The van der Waals surface area contributed by atoms with Crippen LogP contribution in [0.15, 0.2) is 22.8 Å². The van der Waals surface area contributed by atoms with Crippen molar-refractivity contribution in [1.29, 1.82) is 0 Å². The van der Waals surface area contributed by atoms with Crippen molar-refractivity contribution in [3.8, 4) is 0 Å². The molecule has 0 radical (unpaired) electrons. The Morgan fingerprint density at radius 1 is 1.56 bits per heavy atom. The highest BCUT2D eigenvalue weighted by Crippen LogP contribution is 2.33. The summed E-state index contributed by atoms with van der Waals surface area (Å²) in [7, 11) is 0. The number of hydrogen-bond acceptors (Lipinski definition) is 2. The average Bonchev–Trinajstić information content (AvgIpc) is 2.33. The van der Waals surface area contributed by atoms with E-state index in [0.717, 1.165) is 6.54 Å². The van der Waals surface area contributed by atoms with Gasteiger partial charge >= 0.3 is 0 Å². The van der Waals surface area contributed by atoms with E-state index in [9.17, 15) is 0 Å². The largest absolute Gasteiger partial charge is 0.390 e. The molecule has 1 nitrogen and oxygen atoms in total. The molecule has 0 saturated carbocycles. The van der Waals surface area contributed by atoms with E-state index in [4.69, 9.17) is 0 Å². The summed E-state index contributed by atoms with van der Waals surface area (Å²) in [6.07, 6.45) is 5.68. The Bertz CT molecular complexity index is 181. The fourth-order valence-corrected chi connectivity index (χ4v) is 2.16. The lowest BCUT2D eigenvalue weighted by Crippen LogP contribution is -2.13. The van der Waals surface area contributed by atoms with Crippen LogP contribution < -0.4 is 5.32 Å². The molecule has 2 aliphatic heterocycles. The molecule has 0 amide bonds. The molecule has 0 aromatic carbocycles. The Morgan fingerprint density at radius 3 is 3.44 bits per heavy atom. The zero-order chi connectivity index (χ0) is 6.10. The normalized spacial score (nSPS) is 24.0. The summed E-state index contributed by atoms with van der Waals surface area (Å²) in [4.78, 5) is 1.46. The first kappa shape index (κ1) is 5.42. The Morgan fingerprint density at radius 2 is 2.56 bits per heavy atom. The van der Waals surface area contributed by atoms with Gasteiger partial charge < -0.3 is 5.32 Å². The van der Waals surface area contributed by atoms with Crippen molar-refractivity contribution in [1.82, 2.24) is 5.32 Å². The maximum atomic E-state index is 3.23. The van der Waals surface area contributed by atoms with Gasteiger partial charge in [-0.1, -0.05) is 6.08 Å². The van der Waals surface area contributed by atoms with Crippen LogP contribution in [0.25, 0.3) is 0 Å². The lowest BCUT2D eigenvalue weighted by atomic mass is 10.1. The fraction of sp³-hybridized carbons (Fsp3) is 0.429. The molecule has 0 bridgehead atoms. The van der Waals surface area contributed by atoms with Gasteiger partial charge in [0.2, 0.25) is 0 Å². The van der Waals surface area contributed by atoms with Crippen LogP contribution in [0.3, 0.4) is 0 Å². The third kappa shape index (κ3) is 0.874. The van der Waals surface area contributed by atoms with Crippen molar-refractivity contribution < 1.29 is 0 Å². The molecule has 48 valence electrons. The maximum absolute atomic E-state index is 3.23. The van der Waals surface area contributed by atoms with Crippen molar-refractivity contribution in [2.45, 2.75) is 6.42 Å². The van der Waals surface area contributed by atoms with E-state index in [1.807, 2.05) is 11.8 Å². The van der Waals surface area contributed by atoms with E-state index in [1.54, 1.807) is 5.57 Å². The molecule has 2 rings (SSSR count). The van der Waals surface area contributed by atoms with Crippen LogP contribution in [0, 0.1) is 0 Å². The quantitative estimate of drug-likeness (QED) is 0.545. The molecule has 1 N–H and O–H groups in total. The molecule has 2 heterocycles. The number of rotatable bonds is 0. The smallest absolute Gasteiger partial charge is 0.0262 e. The van der Waals surface area contributed by atoms with E-state index in [2.05, 4.69) is 17.6 Å². The first-order valence-electron chi connectivity index (χ1n) is 3.22. The van der Waals surface area contributed by atoms with E-state index < -0.39 is 0 Å². The Labute approximate surface area is 59.2 Å². The van der Waals surface area contributed by atoms with Crippen molar-refractivity contribution in [3.63, 3.8) is 0 Å². The van der Waals surface area contributed by atoms with Gasteiger partial charge in [0.15, 0.2) is 0 Å². The topological polar surface area (TPSA) is 12.0 Å². The van der Waals surface area contributed by atoms with Crippen molar-refractivity contribution in [2.75, 3.05) is 12.3 Å². The maximum Gasteiger partial charge on any atom is 0.0262 e. The van der Waals surface area contributed by atoms with Crippen LogP contribution in [-0.2, 0) is 0 Å². The Balaban J connectivity index is 2.30. The predicted molar refractivity (Wildman–Crippen MR) is 41.2 cm³/mol. The second kappa shape index (κ2) is 2.10. The van der Waals surface area contributed by atoms with Crippen LogP contribution >= 0.6 is 11.8 Å². The van der Waals surface area contributed by atoms with Crippen LogP contribution in [0.4, 0.5) is 0 Å². The second-order valence-corrected chi connectivity index (χ2v) is 3.31. The van der Waals surface area contributed by atoms with Gasteiger partial charge in [0.25, 0.3) is 0 Å². The first-order chi connectivity index (χ1) is 4.47. The first-order valence-corrected chi connectivity index (χ1v) is 4.21. The van der Waals surface area contributed by atoms with Gasteiger partial charge in [0.05, 0.1) is 0 Å². The number of thioether (sulfide) groups is 1. The van der Waals surface area contributed by atoms with Crippen LogP contribution in [0.1, 0.15) is 6.42 Å². The van der Waals surface area contributed by atoms with Crippen molar-refractivity contribution in [2.24, 2.45) is 0 Å². The monoisotopic (exact) mass is 139 g/mol. The van der Waals surface area contributed by atoms with E-state index >= 15 is 0 Å². The van der Waals surface area contributed by atoms with Gasteiger partial charge in [-0.05, 0) is 12.0 Å². The minimum Gasteiger partial charge on any atom is -0.390 e. The Hall–Kier alpha value is -0.370. The third-order valence-electron chi connectivity index (χ3n) is 1.66. The highest BCUT2D eigenvalue weighted by molar-refractivity contribution is 8.03. The number of allylic oxidation sites excluding steroid dienone is 1. The highest BCUT2D eigenvalue weighted by Gasteiger charge is 2.13. The van der Waals surface area contributed by atoms with Crippen molar-refractivity contribution >= 4 is 11.8 Å². The van der Waals surface area contributed by atoms with E-state index in [1.165, 1.54) is 17.1 Å². The summed E-state index contributed by atoms with van der Waals surface area (Å²) in [5.41, 5.74) is 1.55. The average molecular weight is 139 g/mol. The van der Waals surface area contributed by atoms with E-state index in [-0.39, 0.29) is 0 Å². The van der Waals surface area contributed by atoms with Gasteiger partial charge in [0, 0.05) is 23.4 Å². The lowest BCUT2D eigenvalue weighted by molar-refractivity contribution is 0.805. The zero-order valence-electron chi connectivity index (χ0n) is 5.18. The number of fused-ring (bicyclic) bond motifs is 1. The minimum absolute atomic E-state index is 1.12. The van der Waals surface area contributed by atoms with E-state index in [0.29, 0.717) is 0 Å². The molecule has 2 aliphatic rings. The SMILES string of the molecule is C1=C2CCNC=C2SC1. The zero-order valence-corrected chi connectivity index (χ0v) is 6.00. The predicted octanol–water partition coefficient (Wildman–Crippen LogP) is 1.49. The molecule has 0 unspecified atom stereocenters. The summed E-state index contributed by atoms with van der Waals surface area (Å²) >= 11 is 1.93. The van der Waals surface area contributed by atoms with Gasteiger partial charge in [-0.2, -0.15) is 0 Å². The van der Waals surface area contributed by atoms with Crippen LogP contribution in [-0.4, -0.2) is 12.3 Å². The summed E-state index contributed by atoms with van der Waals surface area (Å²) < 4.78 is 0. The summed E-state index contributed by atoms with van der Waals surface area (Å²) in [6, 6.07) is 0. The third-order valence-corrected chi connectivity index (χ3v) is 2.68. The fourth-order valence-electron chi connectivity index (χ4n) is 1.16. The molecule has 0 atom stereocenters. The minimum atomic E-state index is 1.12. The molecule has 0 fully saturated rings. The number of nitrogens with one attached hydrogen (secondary N) is 1. The van der Waals surface area contributed by atoms with Gasteiger partial charge in [0.1, 0.15) is 0 Å². The lowest BCUT2D eigenvalue weighted by Gasteiger charge is -2.11. The second-order valence-electron chi connectivity index (χ2n) is 2.25. The van der Waals surface area contributed by atoms with Crippen molar-refractivity contribution in [3.05, 3.63) is 22.8 Å². The van der Waals surface area contributed by atoms with Gasteiger partial charge in [-0.25, -0.2) is 0 Å². The summed E-state index contributed by atoms with van der Waals surface area (Å²) in [5.74, 6) is 1.18. The summed E-state index contributed by atoms with van der Waals surface area (Å²) in [5, 5.41) is 3.23. The van der Waals surface area contributed by atoms with Gasteiger partial charge in [-0.15, -0.1) is 11.8 Å². The molecule has 0 aromatic rings. The number of hydrogen-bond donors (Lipinski definition) is 1. The molecule has 0 spiro atoms. The molecule has 0 saturated heterocycles. The molecule has 9 heavy (non-hydrogen) atoms. The highest BCUT2D eigenvalue weighted by atomic mass is 32.2. The molecular weight excluding hydrogens is 130 g/mol. The molecule has 2 heteroatoms. The standard InChI is InChI=1S/C7H9NS/c1-3-8-5-7-6(1)2-4-9-7/h2,5,8H,1,3-4H2.